The van der Waals surface area contributed by atoms with Gasteiger partial charge in [0.05, 0.1) is 6.10 Å². The van der Waals surface area contributed by atoms with Crippen LogP contribution in [0.25, 0.3) is 0 Å². The molecular formula is C10H20O3. The smallest absolute Gasteiger partial charge is 0.332 e. The van der Waals surface area contributed by atoms with Gasteiger partial charge in [-0.2, -0.15) is 0 Å². The van der Waals surface area contributed by atoms with Gasteiger partial charge in [-0.15, -0.1) is 0 Å². The van der Waals surface area contributed by atoms with E-state index in [0.717, 1.165) is 12.8 Å². The number of rotatable bonds is 7. The van der Waals surface area contributed by atoms with Crippen LogP contribution in [-0.2, 0) is 9.53 Å². The maximum Gasteiger partial charge on any atom is 0.332 e. The molecule has 0 aromatic carbocycles. The zero-order valence-corrected chi connectivity index (χ0v) is 8.58. The molecule has 0 aliphatic rings. The lowest BCUT2D eigenvalue weighted by Gasteiger charge is -2.11. The quantitative estimate of drug-likeness (QED) is 0.490. The number of aliphatic hydroxyl groups excluding tert-OH is 1. The van der Waals surface area contributed by atoms with Crippen molar-refractivity contribution in [3.63, 3.8) is 0 Å². The second-order valence-electron chi connectivity index (χ2n) is 3.31. The van der Waals surface area contributed by atoms with E-state index < -0.39 is 12.6 Å². The topological polar surface area (TPSA) is 46.5 Å². The molecule has 0 aliphatic carbocycles. The molecule has 1 N–H and O–H groups in total. The Hall–Kier alpha value is -0.570. The van der Waals surface area contributed by atoms with E-state index in [-0.39, 0.29) is 6.10 Å². The van der Waals surface area contributed by atoms with Gasteiger partial charge in [0.2, 0.25) is 0 Å². The molecule has 0 aromatic heterocycles. The molecule has 13 heavy (non-hydrogen) atoms. The summed E-state index contributed by atoms with van der Waals surface area (Å²) in [6.45, 7) is 3.51. The zero-order chi connectivity index (χ0) is 10.1. The lowest BCUT2D eigenvalue weighted by atomic mass is 10.1. The fraction of sp³-hybridized carbons (Fsp3) is 0.900. The van der Waals surface area contributed by atoms with Crippen LogP contribution in [0, 0.1) is 0 Å². The van der Waals surface area contributed by atoms with E-state index in [4.69, 9.17) is 9.84 Å². The summed E-state index contributed by atoms with van der Waals surface area (Å²) in [7, 11) is 0. The highest BCUT2D eigenvalue weighted by atomic mass is 16.6. The number of carbonyl (C=O) groups excluding carboxylic acids is 1. The molecule has 3 nitrogen and oxygen atoms in total. The molecule has 0 saturated carbocycles. The summed E-state index contributed by atoms with van der Waals surface area (Å²) in [6, 6.07) is 0. The highest BCUT2D eigenvalue weighted by Gasteiger charge is 2.06. The molecule has 78 valence electrons. The third kappa shape index (κ3) is 7.78. The summed E-state index contributed by atoms with van der Waals surface area (Å²) in [4.78, 5) is 10.6. The Labute approximate surface area is 80.1 Å². The van der Waals surface area contributed by atoms with E-state index in [1.165, 1.54) is 19.3 Å². The predicted octanol–water partition coefficient (Wildman–Crippen LogP) is 1.88. The van der Waals surface area contributed by atoms with Crippen LogP contribution < -0.4 is 0 Å². The molecular weight excluding hydrogens is 168 g/mol. The van der Waals surface area contributed by atoms with Crippen molar-refractivity contribution in [1.29, 1.82) is 0 Å². The summed E-state index contributed by atoms with van der Waals surface area (Å²) < 4.78 is 4.89. The van der Waals surface area contributed by atoms with Crippen molar-refractivity contribution in [2.45, 2.75) is 52.1 Å². The van der Waals surface area contributed by atoms with E-state index in [9.17, 15) is 4.79 Å². The van der Waals surface area contributed by atoms with Crippen molar-refractivity contribution >= 4 is 5.97 Å². The second kappa shape index (κ2) is 8.05. The van der Waals surface area contributed by atoms with E-state index in [1.54, 1.807) is 0 Å². The normalized spacial score (nSPS) is 12.5. The Morgan fingerprint density at radius 3 is 2.62 bits per heavy atom. The third-order valence-electron chi connectivity index (χ3n) is 1.93. The fourth-order valence-corrected chi connectivity index (χ4v) is 1.18. The Morgan fingerprint density at radius 1 is 1.38 bits per heavy atom. The van der Waals surface area contributed by atoms with E-state index in [1.807, 2.05) is 6.92 Å². The van der Waals surface area contributed by atoms with Gasteiger partial charge in [0, 0.05) is 0 Å². The summed E-state index contributed by atoms with van der Waals surface area (Å²) in [5.74, 6) is -0.525. The minimum absolute atomic E-state index is 0.0588. The average Bonchev–Trinajstić information content (AvgIpc) is 2.12. The second-order valence-corrected chi connectivity index (χ2v) is 3.31. The molecule has 0 fully saturated rings. The Morgan fingerprint density at radius 2 is 2.08 bits per heavy atom. The van der Waals surface area contributed by atoms with Crippen molar-refractivity contribution in [1.82, 2.24) is 0 Å². The summed E-state index contributed by atoms with van der Waals surface area (Å²) in [5, 5.41) is 8.42. The van der Waals surface area contributed by atoms with Crippen LogP contribution in [-0.4, -0.2) is 23.8 Å². The first-order chi connectivity index (χ1) is 6.20. The molecule has 0 amide bonds. The van der Waals surface area contributed by atoms with Crippen LogP contribution in [0.2, 0.25) is 0 Å². The van der Waals surface area contributed by atoms with Gasteiger partial charge in [0.15, 0.2) is 0 Å². The standard InChI is InChI=1S/C10H20O3/c1-3-4-5-6-7-9(2)13-10(12)8-11/h9,11H,3-8H2,1-2H3. The predicted molar refractivity (Wildman–Crippen MR) is 51.4 cm³/mol. The largest absolute Gasteiger partial charge is 0.461 e. The molecule has 1 atom stereocenters. The Balaban J connectivity index is 3.29. The molecule has 0 aromatic rings. The minimum atomic E-state index is -0.525. The van der Waals surface area contributed by atoms with Crippen LogP contribution in [0.15, 0.2) is 0 Å². The maximum absolute atomic E-state index is 10.6. The lowest BCUT2D eigenvalue weighted by Crippen LogP contribution is -2.17. The van der Waals surface area contributed by atoms with Crippen LogP contribution in [0.1, 0.15) is 46.0 Å². The summed E-state index contributed by atoms with van der Waals surface area (Å²) in [5.41, 5.74) is 0. The van der Waals surface area contributed by atoms with Crippen molar-refractivity contribution in [2.24, 2.45) is 0 Å². The zero-order valence-electron chi connectivity index (χ0n) is 8.58. The van der Waals surface area contributed by atoms with Crippen molar-refractivity contribution in [2.75, 3.05) is 6.61 Å². The number of hydrogen-bond acceptors (Lipinski definition) is 3. The van der Waals surface area contributed by atoms with Gasteiger partial charge in [0.25, 0.3) is 0 Å². The van der Waals surface area contributed by atoms with Crippen molar-refractivity contribution in [3.8, 4) is 0 Å². The monoisotopic (exact) mass is 188 g/mol. The number of ether oxygens (including phenoxy) is 1. The van der Waals surface area contributed by atoms with Crippen molar-refractivity contribution < 1.29 is 14.6 Å². The van der Waals surface area contributed by atoms with Crippen molar-refractivity contribution in [3.05, 3.63) is 0 Å². The first kappa shape index (κ1) is 12.4. The first-order valence-electron chi connectivity index (χ1n) is 5.01. The molecule has 1 unspecified atom stereocenters. The fourth-order valence-electron chi connectivity index (χ4n) is 1.18. The molecule has 0 radical (unpaired) electrons. The van der Waals surface area contributed by atoms with E-state index in [0.29, 0.717) is 0 Å². The highest BCUT2D eigenvalue weighted by molar-refractivity contribution is 5.70. The summed E-state index contributed by atoms with van der Waals surface area (Å²) >= 11 is 0. The van der Waals surface area contributed by atoms with Crippen LogP contribution in [0.4, 0.5) is 0 Å². The molecule has 0 spiro atoms. The Kier molecular flexibility index (Phi) is 7.69. The molecule has 0 bridgehead atoms. The number of esters is 1. The third-order valence-corrected chi connectivity index (χ3v) is 1.93. The molecule has 0 heterocycles. The van der Waals surface area contributed by atoms with Gasteiger partial charge in [-0.05, 0) is 19.8 Å². The highest BCUT2D eigenvalue weighted by Crippen LogP contribution is 2.07. The molecule has 0 aliphatic heterocycles. The minimum Gasteiger partial charge on any atom is -0.461 e. The van der Waals surface area contributed by atoms with Gasteiger partial charge < -0.3 is 9.84 Å². The van der Waals surface area contributed by atoms with Gasteiger partial charge >= 0.3 is 5.97 Å². The average molecular weight is 188 g/mol. The maximum atomic E-state index is 10.6. The number of hydrogen-bond donors (Lipinski definition) is 1. The lowest BCUT2D eigenvalue weighted by molar-refractivity contribution is -0.151. The number of unbranched alkanes of at least 4 members (excludes halogenated alkanes) is 3. The van der Waals surface area contributed by atoms with Gasteiger partial charge in [-0.25, -0.2) is 4.79 Å². The molecule has 0 saturated heterocycles. The SMILES string of the molecule is CCCCCCC(C)OC(=O)CO. The van der Waals surface area contributed by atoms with Crippen LogP contribution in [0.5, 0.6) is 0 Å². The van der Waals surface area contributed by atoms with Crippen LogP contribution >= 0.6 is 0 Å². The van der Waals surface area contributed by atoms with E-state index >= 15 is 0 Å². The number of aliphatic hydroxyl groups is 1. The summed E-state index contributed by atoms with van der Waals surface area (Å²) in [6.07, 6.45) is 5.57. The van der Waals surface area contributed by atoms with Gasteiger partial charge in [-0.3, -0.25) is 0 Å². The molecule has 3 heteroatoms. The van der Waals surface area contributed by atoms with Crippen LogP contribution in [0.3, 0.4) is 0 Å². The molecule has 0 rings (SSSR count). The first-order valence-corrected chi connectivity index (χ1v) is 5.01. The van der Waals surface area contributed by atoms with Gasteiger partial charge in [0.1, 0.15) is 6.61 Å². The number of carbonyl (C=O) groups is 1. The van der Waals surface area contributed by atoms with E-state index in [2.05, 4.69) is 6.92 Å². The Bertz CT molecular complexity index is 134. The van der Waals surface area contributed by atoms with Gasteiger partial charge in [-0.1, -0.05) is 26.2 Å².